The quantitative estimate of drug-likeness (QED) is 0.248. The summed E-state index contributed by atoms with van der Waals surface area (Å²) in [5.41, 5.74) is 6.54. The van der Waals surface area contributed by atoms with E-state index in [0.717, 1.165) is 33.3 Å². The molecule has 224 valence electrons. The van der Waals surface area contributed by atoms with E-state index in [1.54, 1.807) is 30.5 Å². The number of anilines is 1. The molecule has 2 atom stereocenters. The third kappa shape index (κ3) is 4.32. The Labute approximate surface area is 260 Å². The molecule has 1 aliphatic heterocycles. The molecule has 1 aliphatic rings. The van der Waals surface area contributed by atoms with Gasteiger partial charge in [-0.1, -0.05) is 84.9 Å². The standard InChI is InChI=1S/C37H33N5O3/c1-23-32(37(45)42(40(23)4)26-17-9-6-10-18-26)38-35(43)24(2)41-34(27-19-11-12-20-28(27)36(41)44)31-29-21-13-14-22-30(29)39(3)33(31)25-15-7-5-8-16-25/h5-22,24,34H,1-4H3,(H,38,43). The van der Waals surface area contributed by atoms with Gasteiger partial charge in [0.1, 0.15) is 11.7 Å². The van der Waals surface area contributed by atoms with Crippen LogP contribution in [-0.2, 0) is 18.9 Å². The van der Waals surface area contributed by atoms with Crippen molar-refractivity contribution in [2.75, 3.05) is 5.32 Å². The molecule has 0 spiro atoms. The first-order valence-electron chi connectivity index (χ1n) is 15.0. The molecule has 3 heterocycles. The second-order valence-corrected chi connectivity index (χ2v) is 11.5. The van der Waals surface area contributed by atoms with Crippen LogP contribution in [-0.4, -0.2) is 36.7 Å². The van der Waals surface area contributed by atoms with E-state index in [-0.39, 0.29) is 17.2 Å². The SMILES string of the molecule is Cc1c(NC(=O)C(C)N2C(=O)c3ccccc3C2c2c(-c3ccccc3)n(C)c3ccccc23)c(=O)n(-c2ccccc2)n1C. The zero-order valence-electron chi connectivity index (χ0n) is 25.6. The number of carbonyl (C=O) groups excluding carboxylic acids is 2. The topological polar surface area (TPSA) is 81.3 Å². The molecule has 8 nitrogen and oxygen atoms in total. The van der Waals surface area contributed by atoms with E-state index in [2.05, 4.69) is 34.1 Å². The van der Waals surface area contributed by atoms with Crippen molar-refractivity contribution in [2.45, 2.75) is 25.9 Å². The second-order valence-electron chi connectivity index (χ2n) is 11.5. The zero-order chi connectivity index (χ0) is 31.4. The van der Waals surface area contributed by atoms with Crippen molar-refractivity contribution in [3.63, 3.8) is 0 Å². The van der Waals surface area contributed by atoms with Gasteiger partial charge >= 0.3 is 0 Å². The molecular weight excluding hydrogens is 562 g/mol. The van der Waals surface area contributed by atoms with Crippen LogP contribution in [0, 0.1) is 6.92 Å². The van der Waals surface area contributed by atoms with Gasteiger partial charge in [0.2, 0.25) is 5.91 Å². The van der Waals surface area contributed by atoms with Crippen molar-refractivity contribution >= 4 is 28.4 Å². The van der Waals surface area contributed by atoms with Crippen molar-refractivity contribution in [3.05, 3.63) is 142 Å². The number of hydrogen-bond acceptors (Lipinski definition) is 3. The summed E-state index contributed by atoms with van der Waals surface area (Å²) in [6.07, 6.45) is 0. The van der Waals surface area contributed by atoms with Gasteiger partial charge in [0.15, 0.2) is 0 Å². The normalized spacial score (nSPS) is 15.0. The number of rotatable bonds is 6. The Balaban J connectivity index is 1.35. The molecule has 4 aromatic carbocycles. The Bertz CT molecular complexity index is 2160. The summed E-state index contributed by atoms with van der Waals surface area (Å²) in [5, 5.41) is 3.91. The van der Waals surface area contributed by atoms with Crippen LogP contribution < -0.4 is 10.9 Å². The fourth-order valence-corrected chi connectivity index (χ4v) is 6.74. The molecular formula is C37H33N5O3. The molecule has 2 aromatic heterocycles. The monoisotopic (exact) mass is 595 g/mol. The molecule has 2 unspecified atom stereocenters. The summed E-state index contributed by atoms with van der Waals surface area (Å²) in [5.74, 6) is -0.662. The smallest absolute Gasteiger partial charge is 0.295 e. The van der Waals surface area contributed by atoms with Crippen molar-refractivity contribution < 1.29 is 9.59 Å². The number of carbonyl (C=O) groups is 2. The third-order valence-corrected chi connectivity index (χ3v) is 9.06. The fraction of sp³-hybridized carbons (Fsp3) is 0.162. The van der Waals surface area contributed by atoms with Gasteiger partial charge in [-0.15, -0.1) is 0 Å². The van der Waals surface area contributed by atoms with Crippen LogP contribution in [0.25, 0.3) is 27.8 Å². The van der Waals surface area contributed by atoms with Gasteiger partial charge in [-0.25, -0.2) is 4.68 Å². The van der Waals surface area contributed by atoms with Crippen LogP contribution in [0.5, 0.6) is 0 Å². The maximum absolute atomic E-state index is 14.2. The van der Waals surface area contributed by atoms with E-state index >= 15 is 0 Å². The van der Waals surface area contributed by atoms with Crippen LogP contribution >= 0.6 is 0 Å². The van der Waals surface area contributed by atoms with Crippen LogP contribution in [0.1, 0.15) is 40.1 Å². The molecule has 0 aliphatic carbocycles. The molecule has 2 amide bonds. The molecule has 0 bridgehead atoms. The number of benzene rings is 4. The number of hydrogen-bond donors (Lipinski definition) is 1. The lowest BCUT2D eigenvalue weighted by molar-refractivity contribution is -0.120. The van der Waals surface area contributed by atoms with Gasteiger partial charge in [-0.3, -0.25) is 19.1 Å². The van der Waals surface area contributed by atoms with Gasteiger partial charge in [0.05, 0.1) is 23.1 Å². The predicted molar refractivity (Wildman–Crippen MR) is 177 cm³/mol. The fourth-order valence-electron chi connectivity index (χ4n) is 6.74. The van der Waals surface area contributed by atoms with Crippen molar-refractivity contribution in [3.8, 4) is 16.9 Å². The number of aromatic nitrogens is 3. The zero-order valence-corrected chi connectivity index (χ0v) is 25.6. The Hall–Kier alpha value is -5.63. The highest BCUT2D eigenvalue weighted by Crippen LogP contribution is 2.47. The first-order valence-corrected chi connectivity index (χ1v) is 15.0. The number of nitrogens with zero attached hydrogens (tertiary/aromatic N) is 4. The molecule has 0 saturated carbocycles. The van der Waals surface area contributed by atoms with Gasteiger partial charge in [0.25, 0.3) is 11.5 Å². The summed E-state index contributed by atoms with van der Waals surface area (Å²) in [6, 6.07) is 33.7. The van der Waals surface area contributed by atoms with Crippen LogP contribution in [0.2, 0.25) is 0 Å². The Morgan fingerprint density at radius 1 is 0.800 bits per heavy atom. The van der Waals surface area contributed by atoms with E-state index in [1.165, 1.54) is 4.68 Å². The van der Waals surface area contributed by atoms with Gasteiger partial charge in [-0.2, -0.15) is 0 Å². The lowest BCUT2D eigenvalue weighted by atomic mass is 9.92. The molecule has 0 fully saturated rings. The molecule has 6 aromatic rings. The number of nitrogens with one attached hydrogen (secondary N) is 1. The van der Waals surface area contributed by atoms with Crippen LogP contribution in [0.15, 0.2) is 114 Å². The minimum absolute atomic E-state index is 0.189. The average molecular weight is 596 g/mol. The van der Waals surface area contributed by atoms with E-state index < -0.39 is 18.0 Å². The highest BCUT2D eigenvalue weighted by atomic mass is 16.2. The molecule has 0 radical (unpaired) electrons. The first-order chi connectivity index (χ1) is 21.8. The highest BCUT2D eigenvalue weighted by molar-refractivity contribution is 6.06. The second kappa shape index (κ2) is 10.8. The minimum atomic E-state index is -0.901. The Morgan fingerprint density at radius 3 is 2.16 bits per heavy atom. The summed E-state index contributed by atoms with van der Waals surface area (Å²) in [4.78, 5) is 43.6. The van der Waals surface area contributed by atoms with Gasteiger partial charge in [-0.05, 0) is 49.2 Å². The van der Waals surface area contributed by atoms with E-state index in [9.17, 15) is 14.4 Å². The molecule has 1 N–H and O–H groups in total. The molecule has 45 heavy (non-hydrogen) atoms. The summed E-state index contributed by atoms with van der Waals surface area (Å²) in [7, 11) is 3.82. The first kappa shape index (κ1) is 28.2. The van der Waals surface area contributed by atoms with Crippen LogP contribution in [0.4, 0.5) is 5.69 Å². The van der Waals surface area contributed by atoms with Gasteiger partial charge in [0, 0.05) is 36.1 Å². The average Bonchev–Trinajstić information content (AvgIpc) is 3.61. The summed E-state index contributed by atoms with van der Waals surface area (Å²) < 4.78 is 5.41. The number of amides is 2. The Kier molecular flexibility index (Phi) is 6.77. The lowest BCUT2D eigenvalue weighted by Crippen LogP contribution is -2.45. The molecule has 7 rings (SSSR count). The maximum atomic E-state index is 14.2. The maximum Gasteiger partial charge on any atom is 0.295 e. The largest absolute Gasteiger partial charge is 0.343 e. The third-order valence-electron chi connectivity index (χ3n) is 9.06. The highest BCUT2D eigenvalue weighted by Gasteiger charge is 2.44. The molecule has 0 saturated heterocycles. The predicted octanol–water partition coefficient (Wildman–Crippen LogP) is 6.22. The van der Waals surface area contributed by atoms with Crippen molar-refractivity contribution in [1.29, 1.82) is 0 Å². The van der Waals surface area contributed by atoms with Crippen LogP contribution in [0.3, 0.4) is 0 Å². The van der Waals surface area contributed by atoms with Gasteiger partial charge < -0.3 is 14.8 Å². The van der Waals surface area contributed by atoms with E-state index in [0.29, 0.717) is 16.9 Å². The number of para-hydroxylation sites is 2. The summed E-state index contributed by atoms with van der Waals surface area (Å²) >= 11 is 0. The van der Waals surface area contributed by atoms with Crippen molar-refractivity contribution in [1.82, 2.24) is 18.8 Å². The minimum Gasteiger partial charge on any atom is -0.343 e. The van der Waals surface area contributed by atoms with Crippen molar-refractivity contribution in [2.24, 2.45) is 14.1 Å². The van der Waals surface area contributed by atoms with E-state index in [4.69, 9.17) is 0 Å². The Morgan fingerprint density at radius 2 is 1.42 bits per heavy atom. The number of aryl methyl sites for hydroxylation is 1. The van der Waals surface area contributed by atoms with E-state index in [1.807, 2.05) is 92.0 Å². The lowest BCUT2D eigenvalue weighted by Gasteiger charge is -2.31. The summed E-state index contributed by atoms with van der Waals surface area (Å²) in [6.45, 7) is 3.52. The number of fused-ring (bicyclic) bond motifs is 2. The molecule has 8 heteroatoms.